The Bertz CT molecular complexity index is 482. The summed E-state index contributed by atoms with van der Waals surface area (Å²) >= 11 is 3.51. The summed E-state index contributed by atoms with van der Waals surface area (Å²) in [6.45, 7) is 0. The molecule has 0 aliphatic heterocycles. The predicted molar refractivity (Wildman–Crippen MR) is 86.5 cm³/mol. The van der Waals surface area contributed by atoms with Crippen molar-refractivity contribution in [2.24, 2.45) is 10.9 Å². The molecule has 3 N–H and O–H groups in total. The molecule has 1 saturated carbocycles. The topological polar surface area (TPSA) is 61.8 Å². The molecule has 4 nitrogen and oxygen atoms in total. The molecule has 20 heavy (non-hydrogen) atoms. The van der Waals surface area contributed by atoms with Crippen LogP contribution in [0, 0.1) is 0 Å². The van der Waals surface area contributed by atoms with Crippen LogP contribution in [0.25, 0.3) is 0 Å². The first-order valence-electron chi connectivity index (χ1n) is 7.13. The van der Waals surface area contributed by atoms with Gasteiger partial charge in [-0.25, -0.2) is 0 Å². The highest BCUT2D eigenvalue weighted by atomic mass is 79.9. The van der Waals surface area contributed by atoms with Crippen molar-refractivity contribution in [3.05, 3.63) is 28.2 Å². The molecule has 0 atom stereocenters. The summed E-state index contributed by atoms with van der Waals surface area (Å²) in [6, 6.07) is 6.37. The molecule has 1 fully saturated rings. The van der Waals surface area contributed by atoms with Crippen molar-refractivity contribution in [2.45, 2.75) is 44.6 Å². The normalized spacial score (nSPS) is 17.8. The Morgan fingerprint density at radius 2 is 1.95 bits per heavy atom. The quantitative estimate of drug-likeness (QED) is 0.290. The van der Waals surface area contributed by atoms with Gasteiger partial charge in [-0.3, -0.25) is 0 Å². The van der Waals surface area contributed by atoms with E-state index in [1.807, 2.05) is 18.2 Å². The van der Waals surface area contributed by atoms with Crippen LogP contribution >= 0.6 is 15.9 Å². The van der Waals surface area contributed by atoms with Crippen molar-refractivity contribution < 1.29 is 5.21 Å². The van der Waals surface area contributed by atoms with E-state index in [2.05, 4.69) is 33.0 Å². The molecule has 2 rings (SSSR count). The summed E-state index contributed by atoms with van der Waals surface area (Å²) in [5.41, 5.74) is 7.60. The highest BCUT2D eigenvalue weighted by molar-refractivity contribution is 9.10. The lowest BCUT2D eigenvalue weighted by atomic mass is 10.0. The number of nitrogens with zero attached hydrogens (tertiary/aromatic N) is 2. The van der Waals surface area contributed by atoms with E-state index in [9.17, 15) is 0 Å². The fourth-order valence-corrected chi connectivity index (χ4v) is 3.26. The number of benzene rings is 1. The highest BCUT2D eigenvalue weighted by Gasteiger charge is 2.20. The monoisotopic (exact) mass is 339 g/mol. The molecule has 5 heteroatoms. The Morgan fingerprint density at radius 3 is 2.55 bits per heavy atom. The second kappa shape index (κ2) is 6.97. The van der Waals surface area contributed by atoms with E-state index < -0.39 is 0 Å². The van der Waals surface area contributed by atoms with Gasteiger partial charge < -0.3 is 15.8 Å². The molecular formula is C15H22BrN3O. The molecular weight excluding hydrogens is 318 g/mol. The summed E-state index contributed by atoms with van der Waals surface area (Å²) < 4.78 is 1.00. The number of hydrogen-bond donors (Lipinski definition) is 2. The largest absolute Gasteiger partial charge is 0.409 e. The lowest BCUT2D eigenvalue weighted by molar-refractivity contribution is 0.318. The van der Waals surface area contributed by atoms with Crippen LogP contribution in [0.5, 0.6) is 0 Å². The SMILES string of the molecule is CN(c1cc(Br)ccc1/C(N)=N/O)C1CCCCCC1. The Balaban J connectivity index is 2.31. The number of nitrogens with two attached hydrogens (primary N) is 1. The number of rotatable bonds is 3. The van der Waals surface area contributed by atoms with Gasteiger partial charge in [0.2, 0.25) is 0 Å². The van der Waals surface area contributed by atoms with E-state index in [1.165, 1.54) is 38.5 Å². The number of anilines is 1. The average molecular weight is 340 g/mol. The summed E-state index contributed by atoms with van der Waals surface area (Å²) in [7, 11) is 2.10. The van der Waals surface area contributed by atoms with Gasteiger partial charge in [-0.15, -0.1) is 0 Å². The van der Waals surface area contributed by atoms with E-state index in [1.54, 1.807) is 0 Å². The van der Waals surface area contributed by atoms with Crippen LogP contribution in [-0.2, 0) is 0 Å². The number of oxime groups is 1. The van der Waals surface area contributed by atoms with E-state index in [0.29, 0.717) is 6.04 Å². The van der Waals surface area contributed by atoms with Crippen molar-refractivity contribution in [3.63, 3.8) is 0 Å². The summed E-state index contributed by atoms with van der Waals surface area (Å²) in [4.78, 5) is 2.28. The maximum atomic E-state index is 8.95. The van der Waals surface area contributed by atoms with Gasteiger partial charge in [0.15, 0.2) is 5.84 Å². The van der Waals surface area contributed by atoms with Gasteiger partial charge in [0.05, 0.1) is 0 Å². The van der Waals surface area contributed by atoms with Crippen molar-refractivity contribution in [1.82, 2.24) is 0 Å². The third-order valence-corrected chi connectivity index (χ3v) is 4.59. The van der Waals surface area contributed by atoms with Crippen molar-refractivity contribution in [2.75, 3.05) is 11.9 Å². The Hall–Kier alpha value is -1.23. The Kier molecular flexibility index (Phi) is 5.29. The zero-order chi connectivity index (χ0) is 14.5. The molecule has 110 valence electrons. The molecule has 0 saturated heterocycles. The van der Waals surface area contributed by atoms with E-state index >= 15 is 0 Å². The van der Waals surface area contributed by atoms with Crippen LogP contribution in [0.15, 0.2) is 27.8 Å². The standard InChI is InChI=1S/C15H22BrN3O/c1-19(12-6-4-2-3-5-7-12)14-10-11(16)8-9-13(14)15(17)18-20/h8-10,12,20H,2-7H2,1H3,(H2,17,18). The average Bonchev–Trinajstić information content (AvgIpc) is 2.74. The van der Waals surface area contributed by atoms with Crippen LogP contribution in [-0.4, -0.2) is 24.1 Å². The van der Waals surface area contributed by atoms with E-state index in [0.717, 1.165) is 15.7 Å². The minimum Gasteiger partial charge on any atom is -0.409 e. The van der Waals surface area contributed by atoms with Crippen molar-refractivity contribution in [1.29, 1.82) is 0 Å². The minimum absolute atomic E-state index is 0.160. The Labute approximate surface area is 128 Å². The molecule has 1 aromatic carbocycles. The molecule has 1 aliphatic rings. The summed E-state index contributed by atoms with van der Waals surface area (Å²) in [5, 5.41) is 12.1. The fraction of sp³-hybridized carbons (Fsp3) is 0.533. The van der Waals surface area contributed by atoms with Gasteiger partial charge in [0.25, 0.3) is 0 Å². The molecule has 0 unspecified atom stereocenters. The summed E-state index contributed by atoms with van der Waals surface area (Å²) in [6.07, 6.45) is 7.63. The maximum absolute atomic E-state index is 8.95. The number of halogens is 1. The van der Waals surface area contributed by atoms with Crippen LogP contribution in [0.2, 0.25) is 0 Å². The van der Waals surface area contributed by atoms with E-state index in [4.69, 9.17) is 10.9 Å². The smallest absolute Gasteiger partial charge is 0.172 e. The first-order chi connectivity index (χ1) is 9.63. The van der Waals surface area contributed by atoms with Gasteiger partial charge >= 0.3 is 0 Å². The first kappa shape index (κ1) is 15.2. The lowest BCUT2D eigenvalue weighted by Gasteiger charge is -2.31. The molecule has 0 spiro atoms. The van der Waals surface area contributed by atoms with Gasteiger partial charge in [-0.2, -0.15) is 0 Å². The molecule has 0 heterocycles. The molecule has 0 amide bonds. The van der Waals surface area contributed by atoms with Crippen LogP contribution < -0.4 is 10.6 Å². The van der Waals surface area contributed by atoms with Crippen LogP contribution in [0.3, 0.4) is 0 Å². The number of hydrogen-bond acceptors (Lipinski definition) is 3. The minimum atomic E-state index is 0.160. The first-order valence-corrected chi connectivity index (χ1v) is 7.93. The second-order valence-corrected chi connectivity index (χ2v) is 6.32. The second-order valence-electron chi connectivity index (χ2n) is 5.40. The molecule has 1 aliphatic carbocycles. The summed E-state index contributed by atoms with van der Waals surface area (Å²) in [5.74, 6) is 0.160. The van der Waals surface area contributed by atoms with E-state index in [-0.39, 0.29) is 5.84 Å². The molecule has 0 aromatic heterocycles. The maximum Gasteiger partial charge on any atom is 0.172 e. The number of amidine groups is 1. The van der Waals surface area contributed by atoms with Crippen LogP contribution in [0.4, 0.5) is 5.69 Å². The third kappa shape index (κ3) is 3.45. The zero-order valence-electron chi connectivity index (χ0n) is 11.8. The Morgan fingerprint density at radius 1 is 1.30 bits per heavy atom. The lowest BCUT2D eigenvalue weighted by Crippen LogP contribution is -2.33. The van der Waals surface area contributed by atoms with Gasteiger partial charge in [0, 0.05) is 28.8 Å². The molecule has 0 radical (unpaired) electrons. The van der Waals surface area contributed by atoms with Gasteiger partial charge in [0.1, 0.15) is 0 Å². The molecule has 1 aromatic rings. The van der Waals surface area contributed by atoms with Crippen molar-refractivity contribution >= 4 is 27.5 Å². The highest BCUT2D eigenvalue weighted by Crippen LogP contribution is 2.30. The third-order valence-electron chi connectivity index (χ3n) is 4.10. The molecule has 0 bridgehead atoms. The zero-order valence-corrected chi connectivity index (χ0v) is 13.4. The van der Waals surface area contributed by atoms with Gasteiger partial charge in [-0.1, -0.05) is 46.8 Å². The van der Waals surface area contributed by atoms with Crippen molar-refractivity contribution in [3.8, 4) is 0 Å². The van der Waals surface area contributed by atoms with Gasteiger partial charge in [-0.05, 0) is 31.0 Å². The fourth-order valence-electron chi connectivity index (χ4n) is 2.91. The predicted octanol–water partition coefficient (Wildman–Crippen LogP) is 3.70. The van der Waals surface area contributed by atoms with Crippen LogP contribution in [0.1, 0.15) is 44.1 Å².